The van der Waals surface area contributed by atoms with Crippen molar-refractivity contribution >= 4 is 39.2 Å². The van der Waals surface area contributed by atoms with Gasteiger partial charge in [0.2, 0.25) is 5.78 Å². The summed E-state index contributed by atoms with van der Waals surface area (Å²) in [6, 6.07) is 0. The van der Waals surface area contributed by atoms with Crippen LogP contribution in [0, 0.1) is 0 Å². The molecule has 13 heavy (non-hydrogen) atoms. The summed E-state index contributed by atoms with van der Waals surface area (Å²) in [5.74, 6) is -2.97. The minimum absolute atomic E-state index is 0.109. The third-order valence-electron chi connectivity index (χ3n) is 0.856. The van der Waals surface area contributed by atoms with Gasteiger partial charge in [0.15, 0.2) is 11.6 Å². The highest BCUT2D eigenvalue weighted by Gasteiger charge is 2.06. The molecule has 0 aliphatic carbocycles. The molecule has 0 heterocycles. The van der Waals surface area contributed by atoms with Crippen LogP contribution in [0.1, 0.15) is 13.8 Å². The number of halogens is 1. The maximum absolute atomic E-state index is 9.87. The van der Waals surface area contributed by atoms with E-state index in [4.69, 9.17) is 5.11 Å². The monoisotopic (exact) mass is 252 g/mol. The Labute approximate surface area is 83.2 Å². The van der Waals surface area contributed by atoms with Crippen LogP contribution in [0.2, 0.25) is 0 Å². The number of rotatable bonds is 3. The first-order chi connectivity index (χ1) is 5.82. The van der Waals surface area contributed by atoms with Crippen molar-refractivity contribution in [3.05, 3.63) is 0 Å². The molecule has 0 aliphatic heterocycles. The van der Waals surface area contributed by atoms with Crippen LogP contribution >= 0.6 is 15.9 Å². The van der Waals surface area contributed by atoms with Crippen molar-refractivity contribution in [3.63, 3.8) is 0 Å². The molecular weight excluding hydrogens is 244 g/mol. The highest BCUT2D eigenvalue weighted by atomic mass is 79.9. The molecule has 0 atom stereocenters. The van der Waals surface area contributed by atoms with Gasteiger partial charge in [-0.25, -0.2) is 4.79 Å². The van der Waals surface area contributed by atoms with Crippen molar-refractivity contribution in [1.82, 2.24) is 0 Å². The molecule has 0 aromatic carbocycles. The zero-order chi connectivity index (χ0) is 11.0. The number of alkyl halides is 1. The summed E-state index contributed by atoms with van der Waals surface area (Å²) in [5, 5.41) is 7.69. The maximum atomic E-state index is 9.87. The maximum Gasteiger partial charge on any atom is 0.373 e. The average Bonchev–Trinajstić information content (AvgIpc) is 2.03. The number of carboxylic acid groups (broad SMARTS) is 1. The Hall–Kier alpha value is -1.04. The quantitative estimate of drug-likeness (QED) is 0.573. The van der Waals surface area contributed by atoms with Crippen LogP contribution < -0.4 is 0 Å². The largest absolute Gasteiger partial charge is 0.475 e. The predicted molar refractivity (Wildman–Crippen MR) is 47.8 cm³/mol. The van der Waals surface area contributed by atoms with Crippen LogP contribution in [0.3, 0.4) is 0 Å². The van der Waals surface area contributed by atoms with Crippen LogP contribution in [-0.4, -0.2) is 33.8 Å². The molecule has 74 valence electrons. The van der Waals surface area contributed by atoms with Crippen LogP contribution in [0.4, 0.5) is 0 Å². The van der Waals surface area contributed by atoms with E-state index in [1.165, 1.54) is 13.8 Å². The minimum atomic E-state index is -1.39. The molecule has 0 rings (SSSR count). The van der Waals surface area contributed by atoms with Gasteiger partial charge in [-0.05, 0) is 0 Å². The molecular formula is C7H9BrO5. The predicted octanol–water partition coefficient (Wildman–Crippen LogP) is 0.199. The zero-order valence-corrected chi connectivity index (χ0v) is 8.75. The third kappa shape index (κ3) is 11.0. The van der Waals surface area contributed by atoms with E-state index in [9.17, 15) is 19.2 Å². The van der Waals surface area contributed by atoms with Crippen LogP contribution in [-0.2, 0) is 19.2 Å². The molecule has 5 nitrogen and oxygen atoms in total. The summed E-state index contributed by atoms with van der Waals surface area (Å²) in [6.07, 6.45) is 0. The molecule has 1 N–H and O–H groups in total. The minimum Gasteiger partial charge on any atom is -0.475 e. The Balaban J connectivity index is 0. The molecule has 0 saturated carbocycles. The van der Waals surface area contributed by atoms with Gasteiger partial charge < -0.3 is 5.11 Å². The van der Waals surface area contributed by atoms with Crippen molar-refractivity contribution in [2.24, 2.45) is 0 Å². The molecule has 0 radical (unpaired) electrons. The lowest BCUT2D eigenvalue weighted by molar-refractivity contribution is -0.147. The van der Waals surface area contributed by atoms with E-state index in [1.807, 2.05) is 0 Å². The SMILES string of the molecule is CC(=O)C(C)=O.O=C(O)C(=O)CBr. The topological polar surface area (TPSA) is 88.5 Å². The smallest absolute Gasteiger partial charge is 0.373 e. The molecule has 0 spiro atoms. The zero-order valence-electron chi connectivity index (χ0n) is 7.17. The van der Waals surface area contributed by atoms with E-state index < -0.39 is 11.8 Å². The summed E-state index contributed by atoms with van der Waals surface area (Å²) in [5.41, 5.74) is 0. The molecule has 6 heteroatoms. The highest BCUT2D eigenvalue weighted by Crippen LogP contribution is 1.80. The summed E-state index contributed by atoms with van der Waals surface area (Å²) < 4.78 is 0. The van der Waals surface area contributed by atoms with Gasteiger partial charge in [-0.15, -0.1) is 0 Å². The van der Waals surface area contributed by atoms with E-state index in [0.29, 0.717) is 0 Å². The number of hydrogen-bond donors (Lipinski definition) is 1. The van der Waals surface area contributed by atoms with E-state index in [0.717, 1.165) is 0 Å². The molecule has 0 aromatic rings. The molecule has 0 aromatic heterocycles. The van der Waals surface area contributed by atoms with Crippen LogP contribution in [0.5, 0.6) is 0 Å². The number of aliphatic carboxylic acids is 1. The molecule has 0 aliphatic rings. The van der Waals surface area contributed by atoms with E-state index in [2.05, 4.69) is 15.9 Å². The lowest BCUT2D eigenvalue weighted by atomic mass is 10.3. The fourth-order valence-electron chi connectivity index (χ4n) is 0.0572. The molecule has 0 fully saturated rings. The van der Waals surface area contributed by atoms with Crippen LogP contribution in [0.15, 0.2) is 0 Å². The first-order valence-electron chi connectivity index (χ1n) is 3.16. The second kappa shape index (κ2) is 7.60. The summed E-state index contributed by atoms with van der Waals surface area (Å²) in [6.45, 7) is 2.50. The molecule has 0 saturated heterocycles. The van der Waals surface area contributed by atoms with E-state index >= 15 is 0 Å². The number of ketones is 3. The Bertz CT molecular complexity index is 221. The number of carbonyl (C=O) groups is 4. The van der Waals surface area contributed by atoms with E-state index in [1.54, 1.807) is 0 Å². The van der Waals surface area contributed by atoms with E-state index in [-0.39, 0.29) is 16.9 Å². The summed E-state index contributed by atoms with van der Waals surface area (Å²) in [7, 11) is 0. The van der Waals surface area contributed by atoms with Gasteiger partial charge in [0, 0.05) is 13.8 Å². The number of carbonyl (C=O) groups excluding carboxylic acids is 3. The number of hydrogen-bond acceptors (Lipinski definition) is 4. The van der Waals surface area contributed by atoms with Gasteiger partial charge in [-0.2, -0.15) is 0 Å². The fourth-order valence-corrected chi connectivity index (χ4v) is 0.297. The summed E-state index contributed by atoms with van der Waals surface area (Å²) in [4.78, 5) is 39.0. The van der Waals surface area contributed by atoms with Crippen molar-refractivity contribution in [2.75, 3.05) is 5.33 Å². The van der Waals surface area contributed by atoms with Crippen molar-refractivity contribution in [1.29, 1.82) is 0 Å². The molecule has 0 bridgehead atoms. The Morgan fingerprint density at radius 3 is 1.38 bits per heavy atom. The number of Topliss-reactive ketones (excluding diaryl/α,β-unsaturated/α-hetero) is 3. The lowest BCUT2D eigenvalue weighted by Crippen LogP contribution is -2.12. The standard InChI is InChI=1S/C4H6O2.C3H3BrO3/c1-3(5)4(2)6;4-1-2(5)3(6)7/h1-2H3;1H2,(H,6,7). The summed E-state index contributed by atoms with van der Waals surface area (Å²) >= 11 is 2.68. The van der Waals surface area contributed by atoms with Gasteiger partial charge in [-0.1, -0.05) is 15.9 Å². The Morgan fingerprint density at radius 1 is 1.08 bits per heavy atom. The molecule has 0 unspecified atom stereocenters. The second-order valence-corrected chi connectivity index (χ2v) is 2.54. The van der Waals surface area contributed by atoms with Crippen molar-refractivity contribution in [3.8, 4) is 0 Å². The van der Waals surface area contributed by atoms with Gasteiger partial charge >= 0.3 is 5.97 Å². The van der Waals surface area contributed by atoms with Gasteiger partial charge in [0.1, 0.15) is 0 Å². The first-order valence-corrected chi connectivity index (χ1v) is 4.28. The fraction of sp³-hybridized carbons (Fsp3) is 0.429. The van der Waals surface area contributed by atoms with Gasteiger partial charge in [0.05, 0.1) is 5.33 Å². The van der Waals surface area contributed by atoms with Crippen LogP contribution in [0.25, 0.3) is 0 Å². The Morgan fingerprint density at radius 2 is 1.38 bits per heavy atom. The van der Waals surface area contributed by atoms with Crippen molar-refractivity contribution < 1.29 is 24.3 Å². The lowest BCUT2D eigenvalue weighted by Gasteiger charge is -1.79. The second-order valence-electron chi connectivity index (χ2n) is 1.97. The first kappa shape index (κ1) is 14.5. The third-order valence-corrected chi connectivity index (χ3v) is 1.36. The van der Waals surface area contributed by atoms with Crippen molar-refractivity contribution in [2.45, 2.75) is 13.8 Å². The highest BCUT2D eigenvalue weighted by molar-refractivity contribution is 9.09. The normalized spacial score (nSPS) is 7.92. The molecule has 0 amide bonds. The number of carboxylic acids is 1. The average molecular weight is 253 g/mol. The van der Waals surface area contributed by atoms with Gasteiger partial charge in [-0.3, -0.25) is 14.4 Å². The van der Waals surface area contributed by atoms with Gasteiger partial charge in [0.25, 0.3) is 0 Å². The Kier molecular flexibility index (Phi) is 8.47.